The zero-order valence-electron chi connectivity index (χ0n) is 12.7. The van der Waals surface area contributed by atoms with Gasteiger partial charge in [-0.1, -0.05) is 24.0 Å². The predicted molar refractivity (Wildman–Crippen MR) is 87.0 cm³/mol. The molecule has 1 aromatic heterocycles. The quantitative estimate of drug-likeness (QED) is 0.658. The van der Waals surface area contributed by atoms with Crippen molar-refractivity contribution in [2.24, 2.45) is 0 Å². The Bertz CT molecular complexity index is 708. The van der Waals surface area contributed by atoms with E-state index < -0.39 is 0 Å². The molecule has 1 amide bonds. The number of ether oxygens (including phenoxy) is 2. The summed E-state index contributed by atoms with van der Waals surface area (Å²) in [6.45, 7) is 0.467. The highest BCUT2D eigenvalue weighted by molar-refractivity contribution is 5.91. The van der Waals surface area contributed by atoms with Crippen LogP contribution < -0.4 is 14.8 Å². The molecule has 0 saturated heterocycles. The molecule has 0 spiro atoms. The Labute approximate surface area is 134 Å². The van der Waals surface area contributed by atoms with E-state index in [2.05, 4.69) is 17.2 Å². The standard InChI is InChI=1S/C18H17NO4/c1-21-16-8-2-3-9-17(16)23-13-5-4-12-19-18(20)11-10-15-7-6-14-22-15/h2-3,6-11,14H,12-13H2,1H3,(H,19,20)/b11-10+. The zero-order chi connectivity index (χ0) is 16.3. The third kappa shape index (κ3) is 5.64. The van der Waals surface area contributed by atoms with Crippen LogP contribution in [-0.2, 0) is 4.79 Å². The molecule has 1 N–H and O–H groups in total. The lowest BCUT2D eigenvalue weighted by Gasteiger charge is -2.07. The van der Waals surface area contributed by atoms with Crippen LogP contribution in [-0.4, -0.2) is 26.2 Å². The van der Waals surface area contributed by atoms with E-state index in [0.29, 0.717) is 17.3 Å². The van der Waals surface area contributed by atoms with Crippen molar-refractivity contribution in [2.45, 2.75) is 0 Å². The van der Waals surface area contributed by atoms with Gasteiger partial charge in [0.25, 0.3) is 0 Å². The number of carbonyl (C=O) groups excluding carboxylic acids is 1. The number of benzene rings is 1. The highest BCUT2D eigenvalue weighted by Gasteiger charge is 2.00. The Balaban J connectivity index is 1.69. The molecular formula is C18H17NO4. The van der Waals surface area contributed by atoms with Gasteiger partial charge in [-0.2, -0.15) is 0 Å². The average molecular weight is 311 g/mol. The summed E-state index contributed by atoms with van der Waals surface area (Å²) in [6.07, 6.45) is 4.53. The fraction of sp³-hybridized carbons (Fsp3) is 0.167. The monoisotopic (exact) mass is 311 g/mol. The third-order valence-electron chi connectivity index (χ3n) is 2.79. The summed E-state index contributed by atoms with van der Waals surface area (Å²) >= 11 is 0. The first-order chi connectivity index (χ1) is 11.3. The predicted octanol–water partition coefficient (Wildman–Crippen LogP) is 2.50. The van der Waals surface area contributed by atoms with Crippen molar-refractivity contribution in [1.29, 1.82) is 0 Å². The molecule has 2 rings (SSSR count). The molecule has 0 aliphatic carbocycles. The van der Waals surface area contributed by atoms with Gasteiger partial charge in [-0.15, -0.1) is 0 Å². The summed E-state index contributed by atoms with van der Waals surface area (Å²) in [5.41, 5.74) is 0. The summed E-state index contributed by atoms with van der Waals surface area (Å²) in [5.74, 6) is 7.32. The molecule has 1 aromatic carbocycles. The van der Waals surface area contributed by atoms with E-state index in [-0.39, 0.29) is 19.1 Å². The average Bonchev–Trinajstić information content (AvgIpc) is 3.10. The van der Waals surface area contributed by atoms with E-state index in [1.165, 1.54) is 6.08 Å². The fourth-order valence-corrected chi connectivity index (χ4v) is 1.70. The lowest BCUT2D eigenvalue weighted by molar-refractivity contribution is -0.116. The van der Waals surface area contributed by atoms with Crippen LogP contribution >= 0.6 is 0 Å². The molecule has 23 heavy (non-hydrogen) atoms. The van der Waals surface area contributed by atoms with Gasteiger partial charge in [0.1, 0.15) is 12.4 Å². The van der Waals surface area contributed by atoms with E-state index in [1.54, 1.807) is 31.6 Å². The Hall–Kier alpha value is -3.13. The summed E-state index contributed by atoms with van der Waals surface area (Å²) in [7, 11) is 1.58. The van der Waals surface area contributed by atoms with Crippen LogP contribution in [0.1, 0.15) is 5.76 Å². The molecule has 5 nitrogen and oxygen atoms in total. The van der Waals surface area contributed by atoms with Crippen molar-refractivity contribution < 1.29 is 18.7 Å². The largest absolute Gasteiger partial charge is 0.493 e. The maximum atomic E-state index is 11.5. The Morgan fingerprint density at radius 1 is 1.22 bits per heavy atom. The maximum absolute atomic E-state index is 11.5. The van der Waals surface area contributed by atoms with E-state index in [1.807, 2.05) is 24.3 Å². The van der Waals surface area contributed by atoms with Crippen LogP contribution in [0.4, 0.5) is 0 Å². The smallest absolute Gasteiger partial charge is 0.244 e. The number of methoxy groups -OCH3 is 1. The van der Waals surface area contributed by atoms with Crippen molar-refractivity contribution in [1.82, 2.24) is 5.32 Å². The fourth-order valence-electron chi connectivity index (χ4n) is 1.70. The van der Waals surface area contributed by atoms with Gasteiger partial charge in [0.05, 0.1) is 19.9 Å². The van der Waals surface area contributed by atoms with E-state index in [9.17, 15) is 4.79 Å². The van der Waals surface area contributed by atoms with E-state index >= 15 is 0 Å². The summed E-state index contributed by atoms with van der Waals surface area (Å²) in [6, 6.07) is 10.9. The Morgan fingerprint density at radius 2 is 2.04 bits per heavy atom. The number of rotatable bonds is 6. The maximum Gasteiger partial charge on any atom is 0.244 e. The Kier molecular flexibility index (Phi) is 6.36. The molecule has 0 radical (unpaired) electrons. The molecule has 1 heterocycles. The lowest BCUT2D eigenvalue weighted by atomic mass is 10.3. The number of amides is 1. The number of hydrogen-bond donors (Lipinski definition) is 1. The molecule has 0 bridgehead atoms. The van der Waals surface area contributed by atoms with Crippen molar-refractivity contribution in [3.63, 3.8) is 0 Å². The second kappa shape index (κ2) is 9.00. The normalized spacial score (nSPS) is 9.96. The van der Waals surface area contributed by atoms with Gasteiger partial charge in [0.15, 0.2) is 11.5 Å². The van der Waals surface area contributed by atoms with Crippen molar-refractivity contribution >= 4 is 12.0 Å². The molecule has 0 saturated carbocycles. The molecule has 0 fully saturated rings. The first-order valence-electron chi connectivity index (χ1n) is 7.00. The first kappa shape index (κ1) is 16.2. The second-order valence-electron chi connectivity index (χ2n) is 4.36. The van der Waals surface area contributed by atoms with Crippen LogP contribution in [0, 0.1) is 11.8 Å². The summed E-state index contributed by atoms with van der Waals surface area (Å²) in [4.78, 5) is 11.5. The van der Waals surface area contributed by atoms with Crippen molar-refractivity contribution in [3.05, 3.63) is 54.5 Å². The molecule has 0 aliphatic rings. The van der Waals surface area contributed by atoms with E-state index in [4.69, 9.17) is 13.9 Å². The highest BCUT2D eigenvalue weighted by Crippen LogP contribution is 2.25. The SMILES string of the molecule is COc1ccccc1OCC#CCNC(=O)/C=C/c1ccco1. The highest BCUT2D eigenvalue weighted by atomic mass is 16.5. The number of nitrogens with one attached hydrogen (secondary N) is 1. The minimum atomic E-state index is -0.235. The molecule has 0 aliphatic heterocycles. The number of para-hydroxylation sites is 2. The topological polar surface area (TPSA) is 60.7 Å². The van der Waals surface area contributed by atoms with Crippen LogP contribution in [0.3, 0.4) is 0 Å². The number of hydrogen-bond acceptors (Lipinski definition) is 4. The van der Waals surface area contributed by atoms with Crippen LogP contribution in [0.15, 0.2) is 53.2 Å². The molecular weight excluding hydrogens is 294 g/mol. The Morgan fingerprint density at radius 3 is 2.78 bits per heavy atom. The van der Waals surface area contributed by atoms with E-state index in [0.717, 1.165) is 0 Å². The summed E-state index contributed by atoms with van der Waals surface area (Å²) in [5, 5.41) is 2.65. The number of furan rings is 1. The van der Waals surface area contributed by atoms with Crippen LogP contribution in [0.2, 0.25) is 0 Å². The molecule has 118 valence electrons. The molecule has 0 unspecified atom stereocenters. The van der Waals surface area contributed by atoms with Gasteiger partial charge in [-0.05, 0) is 30.3 Å². The van der Waals surface area contributed by atoms with Crippen LogP contribution in [0.5, 0.6) is 11.5 Å². The minimum Gasteiger partial charge on any atom is -0.493 e. The first-order valence-corrected chi connectivity index (χ1v) is 7.00. The van der Waals surface area contributed by atoms with Gasteiger partial charge in [0.2, 0.25) is 5.91 Å². The molecule has 5 heteroatoms. The minimum absolute atomic E-state index is 0.221. The lowest BCUT2D eigenvalue weighted by Crippen LogP contribution is -2.21. The zero-order valence-corrected chi connectivity index (χ0v) is 12.7. The van der Waals surface area contributed by atoms with Gasteiger partial charge in [-0.25, -0.2) is 0 Å². The third-order valence-corrected chi connectivity index (χ3v) is 2.79. The van der Waals surface area contributed by atoms with Gasteiger partial charge in [-0.3, -0.25) is 4.79 Å². The van der Waals surface area contributed by atoms with Gasteiger partial charge < -0.3 is 19.2 Å². The van der Waals surface area contributed by atoms with Crippen molar-refractivity contribution in [2.75, 3.05) is 20.3 Å². The molecule has 0 atom stereocenters. The van der Waals surface area contributed by atoms with Crippen molar-refractivity contribution in [3.8, 4) is 23.3 Å². The molecule has 2 aromatic rings. The van der Waals surface area contributed by atoms with Gasteiger partial charge >= 0.3 is 0 Å². The second-order valence-corrected chi connectivity index (χ2v) is 4.36. The number of carbonyl (C=O) groups is 1. The van der Waals surface area contributed by atoms with Gasteiger partial charge in [0, 0.05) is 6.08 Å². The van der Waals surface area contributed by atoms with Crippen LogP contribution in [0.25, 0.3) is 6.08 Å². The summed E-state index contributed by atoms with van der Waals surface area (Å²) < 4.78 is 15.7.